The molecular weight excluding hydrogens is 282 g/mol. The Hall–Kier alpha value is -0.400. The van der Waals surface area contributed by atoms with Crippen LogP contribution in [0.4, 0.5) is 0 Å². The Morgan fingerprint density at radius 2 is 2.33 bits per heavy atom. The smallest absolute Gasteiger partial charge is 0.211 e. The van der Waals surface area contributed by atoms with Crippen molar-refractivity contribution in [3.8, 4) is 0 Å². The third kappa shape index (κ3) is 4.76. The van der Waals surface area contributed by atoms with E-state index in [0.717, 1.165) is 10.9 Å². The summed E-state index contributed by atoms with van der Waals surface area (Å²) in [7, 11) is -3.06. The zero-order chi connectivity index (χ0) is 11.3. The Bertz CT molecular complexity index is 402. The standard InChI is InChI=1S/C8H14BrN3O2S/c1-2-15(13,14)11-4-3-5-12-7-8(9)6-10-12/h6-7,11H,2-5H2,1H3. The maximum Gasteiger partial charge on any atom is 0.211 e. The zero-order valence-corrected chi connectivity index (χ0v) is 10.9. The van der Waals surface area contributed by atoms with Crippen LogP contribution in [0.15, 0.2) is 16.9 Å². The molecule has 0 aliphatic carbocycles. The molecule has 0 aliphatic rings. The number of hydrogen-bond donors (Lipinski definition) is 1. The molecule has 0 atom stereocenters. The molecule has 1 heterocycles. The van der Waals surface area contributed by atoms with Gasteiger partial charge in [-0.05, 0) is 29.3 Å². The second-order valence-corrected chi connectivity index (χ2v) is 6.08. The van der Waals surface area contributed by atoms with Gasteiger partial charge in [-0.15, -0.1) is 0 Å². The van der Waals surface area contributed by atoms with Crippen molar-refractivity contribution >= 4 is 26.0 Å². The van der Waals surface area contributed by atoms with Crippen LogP contribution in [0.3, 0.4) is 0 Å². The zero-order valence-electron chi connectivity index (χ0n) is 8.48. The van der Waals surface area contributed by atoms with Gasteiger partial charge in [0, 0.05) is 19.3 Å². The van der Waals surface area contributed by atoms with E-state index in [4.69, 9.17) is 0 Å². The summed E-state index contributed by atoms with van der Waals surface area (Å²) in [5.74, 6) is 0.125. The molecule has 0 bridgehead atoms. The molecule has 1 aromatic heterocycles. The van der Waals surface area contributed by atoms with Crippen LogP contribution in [0.5, 0.6) is 0 Å². The summed E-state index contributed by atoms with van der Waals surface area (Å²) in [6.45, 7) is 2.78. The molecule has 1 N–H and O–H groups in total. The van der Waals surface area contributed by atoms with Crippen molar-refractivity contribution in [3.05, 3.63) is 16.9 Å². The summed E-state index contributed by atoms with van der Waals surface area (Å²) in [5.41, 5.74) is 0. The van der Waals surface area contributed by atoms with Gasteiger partial charge >= 0.3 is 0 Å². The molecule has 0 radical (unpaired) electrons. The molecule has 7 heteroatoms. The first kappa shape index (κ1) is 12.7. The van der Waals surface area contributed by atoms with Crippen molar-refractivity contribution < 1.29 is 8.42 Å². The lowest BCUT2D eigenvalue weighted by Gasteiger charge is -2.04. The normalized spacial score (nSPS) is 11.9. The number of rotatable bonds is 6. The molecule has 1 aromatic rings. The van der Waals surface area contributed by atoms with E-state index in [1.165, 1.54) is 0 Å². The van der Waals surface area contributed by atoms with Gasteiger partial charge in [0.05, 0.1) is 16.4 Å². The second kappa shape index (κ2) is 5.62. The first-order valence-electron chi connectivity index (χ1n) is 4.69. The van der Waals surface area contributed by atoms with E-state index in [1.54, 1.807) is 17.8 Å². The maximum absolute atomic E-state index is 11.1. The Balaban J connectivity index is 2.23. The van der Waals surface area contributed by atoms with Crippen LogP contribution in [0.2, 0.25) is 0 Å². The third-order valence-electron chi connectivity index (χ3n) is 1.87. The Morgan fingerprint density at radius 1 is 1.60 bits per heavy atom. The van der Waals surface area contributed by atoms with Gasteiger partial charge in [-0.3, -0.25) is 4.68 Å². The molecule has 15 heavy (non-hydrogen) atoms. The summed E-state index contributed by atoms with van der Waals surface area (Å²) in [6.07, 6.45) is 4.29. The van der Waals surface area contributed by atoms with Crippen molar-refractivity contribution in [1.82, 2.24) is 14.5 Å². The van der Waals surface area contributed by atoms with E-state index in [9.17, 15) is 8.42 Å². The average molecular weight is 296 g/mol. The topological polar surface area (TPSA) is 64.0 Å². The van der Waals surface area contributed by atoms with Gasteiger partial charge in [0.15, 0.2) is 0 Å². The van der Waals surface area contributed by atoms with Gasteiger partial charge < -0.3 is 0 Å². The predicted octanol–water partition coefficient (Wildman–Crippen LogP) is 0.975. The number of aryl methyl sites for hydroxylation is 1. The van der Waals surface area contributed by atoms with Crippen LogP contribution in [0.25, 0.3) is 0 Å². The van der Waals surface area contributed by atoms with Crippen LogP contribution in [0, 0.1) is 0 Å². The van der Waals surface area contributed by atoms with Gasteiger partial charge in [0.25, 0.3) is 0 Å². The van der Waals surface area contributed by atoms with Gasteiger partial charge in [0.2, 0.25) is 10.0 Å². The predicted molar refractivity (Wildman–Crippen MR) is 62.0 cm³/mol. The molecule has 5 nitrogen and oxygen atoms in total. The Labute approximate surface area is 98.0 Å². The van der Waals surface area contributed by atoms with Crippen LogP contribution >= 0.6 is 15.9 Å². The molecular formula is C8H14BrN3O2S. The molecule has 0 unspecified atom stereocenters. The van der Waals surface area contributed by atoms with E-state index in [-0.39, 0.29) is 5.75 Å². The quantitative estimate of drug-likeness (QED) is 0.796. The molecule has 0 fully saturated rings. The lowest BCUT2D eigenvalue weighted by atomic mass is 10.4. The van der Waals surface area contributed by atoms with Gasteiger partial charge in [-0.1, -0.05) is 0 Å². The summed E-state index contributed by atoms with van der Waals surface area (Å²) < 4.78 is 27.3. The van der Waals surface area contributed by atoms with Crippen molar-refractivity contribution in [2.75, 3.05) is 12.3 Å². The van der Waals surface area contributed by atoms with E-state index in [0.29, 0.717) is 13.1 Å². The van der Waals surface area contributed by atoms with Gasteiger partial charge in [0.1, 0.15) is 0 Å². The number of nitrogens with one attached hydrogen (secondary N) is 1. The van der Waals surface area contributed by atoms with Crippen molar-refractivity contribution in [2.24, 2.45) is 0 Å². The van der Waals surface area contributed by atoms with Gasteiger partial charge in [-0.2, -0.15) is 5.10 Å². The van der Waals surface area contributed by atoms with E-state index in [2.05, 4.69) is 25.8 Å². The first-order valence-corrected chi connectivity index (χ1v) is 7.13. The van der Waals surface area contributed by atoms with Crippen LogP contribution < -0.4 is 4.72 Å². The fourth-order valence-electron chi connectivity index (χ4n) is 1.03. The summed E-state index contributed by atoms with van der Waals surface area (Å²) in [4.78, 5) is 0. The highest BCUT2D eigenvalue weighted by atomic mass is 79.9. The molecule has 0 spiro atoms. The summed E-state index contributed by atoms with van der Waals surface area (Å²) in [6, 6.07) is 0. The van der Waals surface area contributed by atoms with E-state index in [1.807, 2.05) is 6.20 Å². The molecule has 0 aliphatic heterocycles. The number of halogens is 1. The summed E-state index contributed by atoms with van der Waals surface area (Å²) >= 11 is 3.29. The van der Waals surface area contributed by atoms with Crippen molar-refractivity contribution in [3.63, 3.8) is 0 Å². The largest absolute Gasteiger partial charge is 0.272 e. The van der Waals surface area contributed by atoms with Crippen molar-refractivity contribution in [2.45, 2.75) is 19.9 Å². The van der Waals surface area contributed by atoms with E-state index < -0.39 is 10.0 Å². The Kier molecular flexibility index (Phi) is 4.75. The second-order valence-electron chi connectivity index (χ2n) is 3.07. The highest BCUT2D eigenvalue weighted by Crippen LogP contribution is 2.06. The molecule has 0 saturated heterocycles. The average Bonchev–Trinajstić information content (AvgIpc) is 2.59. The Morgan fingerprint density at radius 3 is 2.87 bits per heavy atom. The molecule has 0 aromatic carbocycles. The number of hydrogen-bond acceptors (Lipinski definition) is 3. The van der Waals surface area contributed by atoms with Crippen LogP contribution in [0.1, 0.15) is 13.3 Å². The molecule has 86 valence electrons. The lowest BCUT2D eigenvalue weighted by Crippen LogP contribution is -2.26. The van der Waals surface area contributed by atoms with Crippen molar-refractivity contribution in [1.29, 1.82) is 0 Å². The van der Waals surface area contributed by atoms with Gasteiger partial charge in [-0.25, -0.2) is 13.1 Å². The minimum absolute atomic E-state index is 0.125. The number of sulfonamides is 1. The molecule has 1 rings (SSSR count). The van der Waals surface area contributed by atoms with Crippen LogP contribution in [-0.4, -0.2) is 30.5 Å². The monoisotopic (exact) mass is 295 g/mol. The minimum Gasteiger partial charge on any atom is -0.272 e. The lowest BCUT2D eigenvalue weighted by molar-refractivity contribution is 0.553. The summed E-state index contributed by atoms with van der Waals surface area (Å²) in [5, 5.41) is 4.06. The third-order valence-corrected chi connectivity index (χ3v) is 3.68. The molecule has 0 amide bonds. The number of nitrogens with zero attached hydrogens (tertiary/aromatic N) is 2. The highest BCUT2D eigenvalue weighted by Gasteiger charge is 2.04. The highest BCUT2D eigenvalue weighted by molar-refractivity contribution is 9.10. The maximum atomic E-state index is 11.1. The first-order chi connectivity index (χ1) is 7.03. The fraction of sp³-hybridized carbons (Fsp3) is 0.625. The van der Waals surface area contributed by atoms with Crippen LogP contribution in [-0.2, 0) is 16.6 Å². The van der Waals surface area contributed by atoms with E-state index >= 15 is 0 Å². The SMILES string of the molecule is CCS(=O)(=O)NCCCn1cc(Br)cn1. The molecule has 0 saturated carbocycles. The minimum atomic E-state index is -3.06. The fourth-order valence-corrected chi connectivity index (χ4v) is 2.02. The number of aromatic nitrogens is 2.